The van der Waals surface area contributed by atoms with Crippen LogP contribution in [0.4, 0.5) is 0 Å². The van der Waals surface area contributed by atoms with Gasteiger partial charge in [0.25, 0.3) is 5.91 Å². The van der Waals surface area contributed by atoms with E-state index in [1.54, 1.807) is 5.51 Å². The lowest BCUT2D eigenvalue weighted by Crippen LogP contribution is -2.41. The van der Waals surface area contributed by atoms with Gasteiger partial charge in [-0.15, -0.1) is 11.3 Å². The van der Waals surface area contributed by atoms with Gasteiger partial charge in [-0.2, -0.15) is 11.8 Å². The largest absolute Gasteiger partial charge is 0.357 e. The quantitative estimate of drug-likeness (QED) is 0.394. The predicted molar refractivity (Wildman–Crippen MR) is 98.6 cm³/mol. The highest BCUT2D eigenvalue weighted by atomic mass is 32.2. The molecule has 128 valence electrons. The molecule has 2 heterocycles. The molecule has 0 radical (unpaired) electrons. The number of aryl methyl sites for hydroxylation is 1. The maximum atomic E-state index is 12.0. The van der Waals surface area contributed by atoms with Crippen molar-refractivity contribution < 1.29 is 4.79 Å². The summed E-state index contributed by atoms with van der Waals surface area (Å²) in [7, 11) is 0. The molecular weight excluding hydrogens is 330 g/mol. The van der Waals surface area contributed by atoms with Gasteiger partial charge in [0.05, 0.1) is 17.7 Å². The molecule has 0 aromatic carbocycles. The number of aliphatic imine (C=N–C) groups is 1. The highest BCUT2D eigenvalue weighted by Gasteiger charge is 2.15. The highest BCUT2D eigenvalue weighted by Crippen LogP contribution is 2.25. The lowest BCUT2D eigenvalue weighted by atomic mass is 10.2. The monoisotopic (exact) mass is 355 g/mol. The molecule has 8 heteroatoms. The van der Waals surface area contributed by atoms with Crippen LogP contribution in [0.15, 0.2) is 10.5 Å². The third kappa shape index (κ3) is 6.02. The molecule has 0 spiro atoms. The van der Waals surface area contributed by atoms with Crippen LogP contribution < -0.4 is 16.0 Å². The minimum absolute atomic E-state index is 0.0592. The summed E-state index contributed by atoms with van der Waals surface area (Å²) in [6, 6.07) is 0. The van der Waals surface area contributed by atoms with E-state index in [2.05, 4.69) is 32.9 Å². The van der Waals surface area contributed by atoms with E-state index in [-0.39, 0.29) is 5.91 Å². The van der Waals surface area contributed by atoms with E-state index >= 15 is 0 Å². The van der Waals surface area contributed by atoms with Gasteiger partial charge in [0.1, 0.15) is 4.88 Å². The number of carbonyl (C=O) groups excluding carboxylic acids is 1. The Morgan fingerprint density at radius 1 is 1.39 bits per heavy atom. The Bertz CT molecular complexity index is 526. The first-order valence-corrected chi connectivity index (χ1v) is 9.95. The van der Waals surface area contributed by atoms with Gasteiger partial charge in [0.15, 0.2) is 5.96 Å². The van der Waals surface area contributed by atoms with Gasteiger partial charge in [0, 0.05) is 24.9 Å². The number of thioether (sulfide) groups is 1. The van der Waals surface area contributed by atoms with E-state index in [4.69, 9.17) is 0 Å². The summed E-state index contributed by atoms with van der Waals surface area (Å²) in [5.41, 5.74) is 2.48. The molecule has 6 nitrogen and oxygen atoms in total. The summed E-state index contributed by atoms with van der Waals surface area (Å²) in [5, 5.41) is 10.1. The zero-order chi connectivity index (χ0) is 16.5. The second kappa shape index (κ2) is 9.77. The topological polar surface area (TPSA) is 78.4 Å². The molecule has 0 bridgehead atoms. The number of amides is 1. The summed E-state index contributed by atoms with van der Waals surface area (Å²) in [6.07, 6.45) is 2.57. The summed E-state index contributed by atoms with van der Waals surface area (Å²) in [5.74, 6) is 2.02. The summed E-state index contributed by atoms with van der Waals surface area (Å²) in [6.45, 7) is 6.78. The molecule has 1 unspecified atom stereocenters. The normalized spacial score (nSPS) is 18.0. The molecule has 1 atom stereocenters. The van der Waals surface area contributed by atoms with Crippen molar-refractivity contribution in [2.75, 3.05) is 31.9 Å². The maximum Gasteiger partial charge on any atom is 0.263 e. The lowest BCUT2D eigenvalue weighted by Gasteiger charge is -2.13. The van der Waals surface area contributed by atoms with Crippen LogP contribution >= 0.6 is 23.1 Å². The number of hydrogen-bond donors (Lipinski definition) is 3. The first kappa shape index (κ1) is 18.1. The van der Waals surface area contributed by atoms with Crippen LogP contribution in [0.2, 0.25) is 0 Å². The van der Waals surface area contributed by atoms with E-state index in [1.165, 1.54) is 29.9 Å². The second-order valence-corrected chi connectivity index (χ2v) is 7.57. The SMILES string of the molecule is CCNC(=NCC1CCCS1)NCCNC(=O)c1scnc1C. The van der Waals surface area contributed by atoms with Crippen molar-refractivity contribution in [2.45, 2.75) is 31.9 Å². The van der Waals surface area contributed by atoms with Gasteiger partial charge in [0.2, 0.25) is 0 Å². The van der Waals surface area contributed by atoms with Crippen molar-refractivity contribution in [3.63, 3.8) is 0 Å². The molecule has 1 aromatic heterocycles. The molecule has 0 aliphatic carbocycles. The van der Waals surface area contributed by atoms with Crippen molar-refractivity contribution >= 4 is 35.0 Å². The van der Waals surface area contributed by atoms with Crippen LogP contribution in [0, 0.1) is 6.92 Å². The first-order chi connectivity index (χ1) is 11.2. The molecule has 23 heavy (non-hydrogen) atoms. The summed E-state index contributed by atoms with van der Waals surface area (Å²) >= 11 is 3.38. The molecule has 1 aliphatic rings. The molecule has 3 N–H and O–H groups in total. The van der Waals surface area contributed by atoms with Gasteiger partial charge in [-0.1, -0.05) is 0 Å². The molecule has 1 saturated heterocycles. The third-order valence-corrected chi connectivity index (χ3v) is 5.78. The number of nitrogens with zero attached hydrogens (tertiary/aromatic N) is 2. The number of guanidine groups is 1. The standard InChI is InChI=1S/C15H25N5OS2/c1-3-16-15(19-9-12-5-4-8-22-12)18-7-6-17-14(21)13-11(2)20-10-23-13/h10,12H,3-9H2,1-2H3,(H,17,21)(H2,16,18,19). The Hall–Kier alpha value is -1.28. The Labute approximate surface area is 145 Å². The second-order valence-electron chi connectivity index (χ2n) is 5.30. The van der Waals surface area contributed by atoms with Crippen molar-refractivity contribution in [2.24, 2.45) is 4.99 Å². The average molecular weight is 356 g/mol. The average Bonchev–Trinajstić information content (AvgIpc) is 3.20. The predicted octanol–water partition coefficient (Wildman–Crippen LogP) is 1.63. The zero-order valence-corrected chi connectivity index (χ0v) is 15.4. The molecule has 1 aliphatic heterocycles. The van der Waals surface area contributed by atoms with Gasteiger partial charge < -0.3 is 16.0 Å². The fourth-order valence-corrected chi connectivity index (χ4v) is 4.18. The molecule has 0 saturated carbocycles. The number of carbonyl (C=O) groups is 1. The van der Waals surface area contributed by atoms with Gasteiger partial charge in [-0.3, -0.25) is 9.79 Å². The molecule has 1 amide bonds. The van der Waals surface area contributed by atoms with E-state index in [0.717, 1.165) is 24.7 Å². The Morgan fingerprint density at radius 3 is 2.87 bits per heavy atom. The Kier molecular flexibility index (Phi) is 7.67. The van der Waals surface area contributed by atoms with Crippen LogP contribution in [-0.2, 0) is 0 Å². The van der Waals surface area contributed by atoms with Crippen molar-refractivity contribution in [3.05, 3.63) is 16.1 Å². The van der Waals surface area contributed by atoms with Crippen LogP contribution in [0.25, 0.3) is 0 Å². The van der Waals surface area contributed by atoms with Gasteiger partial charge >= 0.3 is 0 Å². The van der Waals surface area contributed by atoms with Crippen LogP contribution in [-0.4, -0.2) is 54.0 Å². The molecule has 2 rings (SSSR count). The van der Waals surface area contributed by atoms with E-state index in [1.807, 2.05) is 18.7 Å². The highest BCUT2D eigenvalue weighted by molar-refractivity contribution is 8.00. The molecular formula is C15H25N5OS2. The summed E-state index contributed by atoms with van der Waals surface area (Å²) in [4.78, 5) is 21.4. The number of rotatable bonds is 7. The van der Waals surface area contributed by atoms with Crippen molar-refractivity contribution in [3.8, 4) is 0 Å². The van der Waals surface area contributed by atoms with Crippen LogP contribution in [0.3, 0.4) is 0 Å². The maximum absolute atomic E-state index is 12.0. The van der Waals surface area contributed by atoms with Crippen LogP contribution in [0.5, 0.6) is 0 Å². The number of nitrogens with one attached hydrogen (secondary N) is 3. The van der Waals surface area contributed by atoms with E-state index in [9.17, 15) is 4.79 Å². The van der Waals surface area contributed by atoms with Gasteiger partial charge in [-0.05, 0) is 32.4 Å². The Balaban J connectivity index is 1.70. The third-order valence-electron chi connectivity index (χ3n) is 3.48. The summed E-state index contributed by atoms with van der Waals surface area (Å²) < 4.78 is 0. The minimum Gasteiger partial charge on any atom is -0.357 e. The van der Waals surface area contributed by atoms with Crippen molar-refractivity contribution in [1.82, 2.24) is 20.9 Å². The fourth-order valence-electron chi connectivity index (χ4n) is 2.28. The smallest absolute Gasteiger partial charge is 0.263 e. The van der Waals surface area contributed by atoms with E-state index in [0.29, 0.717) is 23.2 Å². The number of aromatic nitrogens is 1. The van der Waals surface area contributed by atoms with Gasteiger partial charge in [-0.25, -0.2) is 4.98 Å². The molecule has 1 aromatic rings. The molecule has 1 fully saturated rings. The van der Waals surface area contributed by atoms with E-state index < -0.39 is 0 Å². The zero-order valence-electron chi connectivity index (χ0n) is 13.7. The number of hydrogen-bond acceptors (Lipinski definition) is 5. The minimum atomic E-state index is -0.0592. The first-order valence-electron chi connectivity index (χ1n) is 8.02. The van der Waals surface area contributed by atoms with Crippen LogP contribution in [0.1, 0.15) is 35.1 Å². The van der Waals surface area contributed by atoms with Crippen molar-refractivity contribution in [1.29, 1.82) is 0 Å². The number of thiazole rings is 1. The lowest BCUT2D eigenvalue weighted by molar-refractivity contribution is 0.0957. The fraction of sp³-hybridized carbons (Fsp3) is 0.667. The Morgan fingerprint density at radius 2 is 2.22 bits per heavy atom.